The van der Waals surface area contributed by atoms with Crippen molar-refractivity contribution >= 4 is 5.97 Å². The van der Waals surface area contributed by atoms with Crippen LogP contribution in [0.15, 0.2) is 42.5 Å². The molecule has 2 heteroatoms. The van der Waals surface area contributed by atoms with Crippen molar-refractivity contribution in [2.45, 2.75) is 27.2 Å². The lowest BCUT2D eigenvalue weighted by Gasteiger charge is -2.11. The van der Waals surface area contributed by atoms with Crippen LogP contribution < -0.4 is 0 Å². The fourth-order valence-electron chi connectivity index (χ4n) is 2.24. The summed E-state index contributed by atoms with van der Waals surface area (Å²) in [4.78, 5) is 11.8. The van der Waals surface area contributed by atoms with E-state index in [1.807, 2.05) is 25.1 Å². The largest absolute Gasteiger partial charge is 0.462 e. The monoisotopic (exact) mass is 268 g/mol. The number of hydrogen-bond donors (Lipinski definition) is 0. The zero-order chi connectivity index (χ0) is 14.5. The summed E-state index contributed by atoms with van der Waals surface area (Å²) >= 11 is 0. The van der Waals surface area contributed by atoms with Crippen LogP contribution in [0, 0.1) is 6.92 Å². The van der Waals surface area contributed by atoms with E-state index in [4.69, 9.17) is 4.74 Å². The van der Waals surface area contributed by atoms with Crippen LogP contribution in [-0.2, 0) is 11.2 Å². The van der Waals surface area contributed by atoms with Gasteiger partial charge < -0.3 is 4.74 Å². The average molecular weight is 268 g/mol. The first-order valence-corrected chi connectivity index (χ1v) is 7.02. The smallest absolute Gasteiger partial charge is 0.338 e. The van der Waals surface area contributed by atoms with E-state index < -0.39 is 0 Å². The second-order valence-electron chi connectivity index (χ2n) is 4.81. The third-order valence-electron chi connectivity index (χ3n) is 3.36. The van der Waals surface area contributed by atoms with E-state index >= 15 is 0 Å². The Bertz CT molecular complexity index is 597. The van der Waals surface area contributed by atoms with Gasteiger partial charge in [-0.1, -0.05) is 42.8 Å². The molecule has 0 aliphatic heterocycles. The van der Waals surface area contributed by atoms with E-state index in [0.717, 1.165) is 6.42 Å². The number of benzene rings is 2. The molecule has 0 aromatic heterocycles. The first-order valence-electron chi connectivity index (χ1n) is 7.02. The van der Waals surface area contributed by atoms with Gasteiger partial charge in [0.1, 0.15) is 0 Å². The zero-order valence-corrected chi connectivity index (χ0v) is 12.3. The van der Waals surface area contributed by atoms with Gasteiger partial charge in [-0.05, 0) is 49.1 Å². The van der Waals surface area contributed by atoms with Crippen LogP contribution in [0.4, 0.5) is 0 Å². The van der Waals surface area contributed by atoms with Gasteiger partial charge in [0.05, 0.1) is 12.2 Å². The highest BCUT2D eigenvalue weighted by Gasteiger charge is 2.10. The predicted molar refractivity (Wildman–Crippen MR) is 81.9 cm³/mol. The van der Waals surface area contributed by atoms with E-state index in [9.17, 15) is 4.79 Å². The van der Waals surface area contributed by atoms with Crippen LogP contribution in [0.5, 0.6) is 0 Å². The van der Waals surface area contributed by atoms with Crippen LogP contribution in [0.3, 0.4) is 0 Å². The van der Waals surface area contributed by atoms with Crippen molar-refractivity contribution in [1.82, 2.24) is 0 Å². The number of carbonyl (C=O) groups is 1. The van der Waals surface area contributed by atoms with Crippen LogP contribution in [-0.4, -0.2) is 12.6 Å². The van der Waals surface area contributed by atoms with Gasteiger partial charge in [-0.15, -0.1) is 0 Å². The van der Waals surface area contributed by atoms with Crippen molar-refractivity contribution in [3.05, 3.63) is 59.2 Å². The third-order valence-corrected chi connectivity index (χ3v) is 3.36. The summed E-state index contributed by atoms with van der Waals surface area (Å²) in [5, 5.41) is 0. The van der Waals surface area contributed by atoms with Gasteiger partial charge >= 0.3 is 5.97 Å². The fourth-order valence-corrected chi connectivity index (χ4v) is 2.24. The molecule has 0 bridgehead atoms. The maximum Gasteiger partial charge on any atom is 0.338 e. The molecule has 20 heavy (non-hydrogen) atoms. The maximum absolute atomic E-state index is 11.8. The van der Waals surface area contributed by atoms with Gasteiger partial charge in [0.2, 0.25) is 0 Å². The maximum atomic E-state index is 11.8. The van der Waals surface area contributed by atoms with E-state index in [1.54, 1.807) is 0 Å². The minimum absolute atomic E-state index is 0.252. The Morgan fingerprint density at radius 2 is 1.75 bits per heavy atom. The highest BCUT2D eigenvalue weighted by molar-refractivity contribution is 5.90. The van der Waals surface area contributed by atoms with Gasteiger partial charge in [0, 0.05) is 0 Å². The Balaban J connectivity index is 2.40. The molecule has 0 aliphatic carbocycles. The molecular weight excluding hydrogens is 248 g/mol. The Hall–Kier alpha value is -2.09. The molecule has 0 unspecified atom stereocenters. The molecule has 0 spiro atoms. The predicted octanol–water partition coefficient (Wildman–Crippen LogP) is 4.40. The molecule has 0 heterocycles. The number of aryl methyl sites for hydroxylation is 2. The summed E-state index contributed by atoms with van der Waals surface area (Å²) in [5.41, 5.74) is 5.40. The minimum Gasteiger partial charge on any atom is -0.462 e. The lowest BCUT2D eigenvalue weighted by atomic mass is 9.95. The highest BCUT2D eigenvalue weighted by atomic mass is 16.5. The first kappa shape index (κ1) is 14.3. The molecule has 0 amide bonds. The topological polar surface area (TPSA) is 26.3 Å². The van der Waals surface area contributed by atoms with Gasteiger partial charge in [-0.3, -0.25) is 0 Å². The van der Waals surface area contributed by atoms with E-state index in [1.165, 1.54) is 22.3 Å². The molecule has 104 valence electrons. The molecule has 0 fully saturated rings. The van der Waals surface area contributed by atoms with Gasteiger partial charge in [-0.2, -0.15) is 0 Å². The summed E-state index contributed by atoms with van der Waals surface area (Å²) in [6, 6.07) is 14.2. The first-order chi connectivity index (χ1) is 9.65. The Kier molecular flexibility index (Phi) is 4.57. The van der Waals surface area contributed by atoms with Crippen molar-refractivity contribution in [3.63, 3.8) is 0 Å². The van der Waals surface area contributed by atoms with Gasteiger partial charge in [-0.25, -0.2) is 4.79 Å². The Morgan fingerprint density at radius 3 is 2.35 bits per heavy atom. The van der Waals surface area contributed by atoms with E-state index in [0.29, 0.717) is 12.2 Å². The molecule has 0 aliphatic rings. The summed E-state index contributed by atoms with van der Waals surface area (Å²) in [6.07, 6.45) is 0.885. The highest BCUT2D eigenvalue weighted by Crippen LogP contribution is 2.26. The number of carbonyl (C=O) groups excluding carboxylic acids is 1. The molecule has 2 nitrogen and oxygen atoms in total. The van der Waals surface area contributed by atoms with Crippen LogP contribution in [0.25, 0.3) is 11.1 Å². The second-order valence-corrected chi connectivity index (χ2v) is 4.81. The Labute approximate surface area is 120 Å². The number of rotatable bonds is 4. The van der Waals surface area contributed by atoms with Crippen LogP contribution in [0.2, 0.25) is 0 Å². The molecule has 0 saturated carbocycles. The summed E-state index contributed by atoms with van der Waals surface area (Å²) in [6.45, 7) is 6.40. The normalized spacial score (nSPS) is 10.3. The molecule has 0 radical (unpaired) electrons. The molecule has 2 aromatic carbocycles. The second kappa shape index (κ2) is 6.38. The summed E-state index contributed by atoms with van der Waals surface area (Å²) in [7, 11) is 0. The fraction of sp³-hybridized carbons (Fsp3) is 0.278. The Morgan fingerprint density at radius 1 is 1.05 bits per heavy atom. The van der Waals surface area contributed by atoms with Crippen molar-refractivity contribution < 1.29 is 9.53 Å². The average Bonchev–Trinajstić information content (AvgIpc) is 2.47. The number of hydrogen-bond acceptors (Lipinski definition) is 2. The van der Waals surface area contributed by atoms with E-state index in [2.05, 4.69) is 38.1 Å². The molecule has 2 rings (SSSR count). The molecule has 0 atom stereocenters. The standard InChI is InChI=1S/C18H20O2/c1-4-14-12-16(18(19)20-5-2)10-11-17(14)15-8-6-13(3)7-9-15/h6-12H,4-5H2,1-3H3. The lowest BCUT2D eigenvalue weighted by molar-refractivity contribution is 0.0526. The molecular formula is C18H20O2. The lowest BCUT2D eigenvalue weighted by Crippen LogP contribution is -2.05. The molecule has 0 saturated heterocycles. The quantitative estimate of drug-likeness (QED) is 0.768. The van der Waals surface area contributed by atoms with E-state index in [-0.39, 0.29) is 5.97 Å². The molecule has 0 N–H and O–H groups in total. The van der Waals surface area contributed by atoms with Gasteiger partial charge in [0.15, 0.2) is 0 Å². The van der Waals surface area contributed by atoms with Crippen LogP contribution >= 0.6 is 0 Å². The minimum atomic E-state index is -0.252. The van der Waals surface area contributed by atoms with Crippen LogP contribution in [0.1, 0.15) is 35.3 Å². The molecule has 2 aromatic rings. The van der Waals surface area contributed by atoms with Gasteiger partial charge in [0.25, 0.3) is 0 Å². The zero-order valence-electron chi connectivity index (χ0n) is 12.3. The van der Waals surface area contributed by atoms with Crippen molar-refractivity contribution in [3.8, 4) is 11.1 Å². The number of ether oxygens (including phenoxy) is 1. The van der Waals surface area contributed by atoms with Crippen molar-refractivity contribution in [2.75, 3.05) is 6.61 Å². The van der Waals surface area contributed by atoms with Crippen molar-refractivity contribution in [2.24, 2.45) is 0 Å². The third kappa shape index (κ3) is 3.08. The number of esters is 1. The van der Waals surface area contributed by atoms with Crippen molar-refractivity contribution in [1.29, 1.82) is 0 Å². The summed E-state index contributed by atoms with van der Waals surface area (Å²) < 4.78 is 5.05. The summed E-state index contributed by atoms with van der Waals surface area (Å²) in [5.74, 6) is -0.252. The SMILES string of the molecule is CCOC(=O)c1ccc(-c2ccc(C)cc2)c(CC)c1.